The predicted molar refractivity (Wildman–Crippen MR) is 126 cm³/mol. The van der Waals surface area contributed by atoms with Gasteiger partial charge in [-0.2, -0.15) is 0 Å². The van der Waals surface area contributed by atoms with E-state index in [1.54, 1.807) is 6.92 Å². The Bertz CT molecular complexity index is 1160. The van der Waals surface area contributed by atoms with Crippen LogP contribution < -0.4 is 10.2 Å². The third-order valence-corrected chi connectivity index (χ3v) is 5.88. The number of allylic oxidation sites excluding steroid dienone is 2. The molecule has 3 amide bonds. The molecule has 0 bridgehead atoms. The van der Waals surface area contributed by atoms with Crippen molar-refractivity contribution in [2.24, 2.45) is 11.8 Å². The lowest BCUT2D eigenvalue weighted by Gasteiger charge is -2.15. The van der Waals surface area contributed by atoms with Crippen LogP contribution in [0.25, 0.3) is 0 Å². The van der Waals surface area contributed by atoms with Crippen molar-refractivity contribution in [1.29, 1.82) is 0 Å². The van der Waals surface area contributed by atoms with Crippen molar-refractivity contribution < 1.29 is 33.4 Å². The first kappa shape index (κ1) is 23.9. The van der Waals surface area contributed by atoms with Gasteiger partial charge in [0.1, 0.15) is 0 Å². The molecule has 9 nitrogen and oxygen atoms in total. The van der Waals surface area contributed by atoms with Crippen molar-refractivity contribution in [3.8, 4) is 0 Å². The SMILES string of the molecule is CCOC(=O)c1ccc(NC(=O)COC(=O)c2ccc(N3C(=O)[C@H]4CC=CC[C@@H]4C3=O)cc2)cc1. The molecule has 35 heavy (non-hydrogen) atoms. The summed E-state index contributed by atoms with van der Waals surface area (Å²) in [5.41, 5.74) is 1.36. The lowest BCUT2D eigenvalue weighted by Crippen LogP contribution is -2.30. The largest absolute Gasteiger partial charge is 0.462 e. The molecular weight excluding hydrogens is 452 g/mol. The van der Waals surface area contributed by atoms with Gasteiger partial charge in [-0.05, 0) is 68.3 Å². The fourth-order valence-corrected chi connectivity index (χ4v) is 4.12. The van der Waals surface area contributed by atoms with Crippen molar-refractivity contribution in [3.05, 3.63) is 71.8 Å². The van der Waals surface area contributed by atoms with E-state index in [0.717, 1.165) is 0 Å². The number of esters is 2. The molecule has 180 valence electrons. The zero-order valence-electron chi connectivity index (χ0n) is 19.1. The molecule has 2 aliphatic rings. The van der Waals surface area contributed by atoms with Gasteiger partial charge in [-0.15, -0.1) is 0 Å². The number of hydrogen-bond donors (Lipinski definition) is 1. The van der Waals surface area contributed by atoms with Crippen LogP contribution in [0.2, 0.25) is 0 Å². The molecule has 0 unspecified atom stereocenters. The highest BCUT2D eigenvalue weighted by atomic mass is 16.5. The summed E-state index contributed by atoms with van der Waals surface area (Å²) in [5, 5.41) is 2.57. The topological polar surface area (TPSA) is 119 Å². The smallest absolute Gasteiger partial charge is 0.338 e. The quantitative estimate of drug-likeness (QED) is 0.370. The second-order valence-corrected chi connectivity index (χ2v) is 8.14. The summed E-state index contributed by atoms with van der Waals surface area (Å²) in [6.45, 7) is 1.46. The summed E-state index contributed by atoms with van der Waals surface area (Å²) in [5.74, 6) is -2.86. The van der Waals surface area contributed by atoms with Crippen LogP contribution in [-0.4, -0.2) is 42.9 Å². The molecule has 0 radical (unpaired) electrons. The minimum Gasteiger partial charge on any atom is -0.462 e. The number of nitrogens with zero attached hydrogens (tertiary/aromatic N) is 1. The molecule has 0 saturated carbocycles. The van der Waals surface area contributed by atoms with Crippen LogP contribution in [0.1, 0.15) is 40.5 Å². The van der Waals surface area contributed by atoms with Crippen LogP contribution in [0.15, 0.2) is 60.7 Å². The van der Waals surface area contributed by atoms with Gasteiger partial charge in [-0.1, -0.05) is 12.2 Å². The average Bonchev–Trinajstić information content (AvgIpc) is 3.13. The Hall–Kier alpha value is -4.27. The Kier molecular flexibility index (Phi) is 7.05. The van der Waals surface area contributed by atoms with Crippen LogP contribution in [0, 0.1) is 11.8 Å². The summed E-state index contributed by atoms with van der Waals surface area (Å²) < 4.78 is 9.96. The van der Waals surface area contributed by atoms with E-state index in [4.69, 9.17) is 9.47 Å². The molecule has 1 aliphatic heterocycles. The van der Waals surface area contributed by atoms with E-state index in [1.807, 2.05) is 12.2 Å². The maximum atomic E-state index is 12.7. The van der Waals surface area contributed by atoms with E-state index in [9.17, 15) is 24.0 Å². The van der Waals surface area contributed by atoms with Crippen molar-refractivity contribution in [2.45, 2.75) is 19.8 Å². The summed E-state index contributed by atoms with van der Waals surface area (Å²) in [7, 11) is 0. The summed E-state index contributed by atoms with van der Waals surface area (Å²) in [6.07, 6.45) is 4.94. The van der Waals surface area contributed by atoms with E-state index in [2.05, 4.69) is 5.32 Å². The molecule has 2 atom stereocenters. The van der Waals surface area contributed by atoms with Gasteiger partial charge in [0.15, 0.2) is 6.61 Å². The monoisotopic (exact) mass is 476 g/mol. The first-order valence-corrected chi connectivity index (χ1v) is 11.3. The number of imide groups is 1. The molecule has 1 N–H and O–H groups in total. The van der Waals surface area contributed by atoms with Gasteiger partial charge >= 0.3 is 11.9 Å². The molecule has 2 aromatic rings. The summed E-state index contributed by atoms with van der Waals surface area (Å²) in [4.78, 5) is 62.7. The lowest BCUT2D eigenvalue weighted by molar-refractivity contribution is -0.122. The Morgan fingerprint density at radius 3 is 1.89 bits per heavy atom. The molecule has 9 heteroatoms. The van der Waals surface area contributed by atoms with Crippen LogP contribution in [0.4, 0.5) is 11.4 Å². The van der Waals surface area contributed by atoms with Gasteiger partial charge in [0.05, 0.1) is 35.3 Å². The molecule has 1 fully saturated rings. The molecule has 0 aromatic heterocycles. The number of anilines is 2. The second kappa shape index (κ2) is 10.3. The lowest BCUT2D eigenvalue weighted by atomic mass is 9.85. The number of ether oxygens (including phenoxy) is 2. The van der Waals surface area contributed by atoms with E-state index in [1.165, 1.54) is 53.4 Å². The number of rotatable bonds is 7. The van der Waals surface area contributed by atoms with Gasteiger partial charge in [0.2, 0.25) is 11.8 Å². The number of nitrogens with one attached hydrogen (secondary N) is 1. The molecule has 1 heterocycles. The standard InChI is InChI=1S/C26H24N2O7/c1-2-34-25(32)16-7-11-18(12-8-16)27-22(29)15-35-26(33)17-9-13-19(14-10-17)28-23(30)20-5-3-4-6-21(20)24(28)31/h3-4,7-14,20-21H,2,5-6,15H2,1H3,(H,27,29)/t20-,21-/m0/s1. The van der Waals surface area contributed by atoms with Gasteiger partial charge in [-0.25, -0.2) is 9.59 Å². The van der Waals surface area contributed by atoms with Gasteiger partial charge in [-0.3, -0.25) is 19.3 Å². The number of carbonyl (C=O) groups excluding carboxylic acids is 5. The number of amides is 3. The van der Waals surface area contributed by atoms with Gasteiger partial charge in [0, 0.05) is 5.69 Å². The molecule has 0 spiro atoms. The Labute approximate surface area is 201 Å². The fourth-order valence-electron chi connectivity index (χ4n) is 4.12. The van der Waals surface area contributed by atoms with Crippen molar-refractivity contribution in [3.63, 3.8) is 0 Å². The number of hydrogen-bond acceptors (Lipinski definition) is 7. The highest BCUT2D eigenvalue weighted by molar-refractivity contribution is 6.22. The Morgan fingerprint density at radius 2 is 1.34 bits per heavy atom. The van der Waals surface area contributed by atoms with E-state index in [-0.39, 0.29) is 35.8 Å². The zero-order valence-corrected chi connectivity index (χ0v) is 19.1. The van der Waals surface area contributed by atoms with Crippen molar-refractivity contribution in [1.82, 2.24) is 0 Å². The van der Waals surface area contributed by atoms with E-state index >= 15 is 0 Å². The normalized spacial score (nSPS) is 18.7. The maximum Gasteiger partial charge on any atom is 0.338 e. The van der Waals surface area contributed by atoms with Gasteiger partial charge in [0.25, 0.3) is 5.91 Å². The minimum absolute atomic E-state index is 0.179. The third kappa shape index (κ3) is 5.13. The van der Waals surface area contributed by atoms with Crippen LogP contribution in [0.3, 0.4) is 0 Å². The van der Waals surface area contributed by atoms with Crippen LogP contribution in [-0.2, 0) is 23.9 Å². The fraction of sp³-hybridized carbons (Fsp3) is 0.269. The molecular formula is C26H24N2O7. The van der Waals surface area contributed by atoms with Crippen LogP contribution >= 0.6 is 0 Å². The number of fused-ring (bicyclic) bond motifs is 1. The van der Waals surface area contributed by atoms with Gasteiger partial charge < -0.3 is 14.8 Å². The maximum absolute atomic E-state index is 12.7. The highest BCUT2D eigenvalue weighted by Crippen LogP contribution is 2.37. The average molecular weight is 476 g/mol. The Morgan fingerprint density at radius 1 is 0.829 bits per heavy atom. The van der Waals surface area contributed by atoms with Crippen molar-refractivity contribution in [2.75, 3.05) is 23.4 Å². The molecule has 4 rings (SSSR count). The summed E-state index contributed by atoms with van der Waals surface area (Å²) >= 11 is 0. The van der Waals surface area contributed by atoms with E-state index in [0.29, 0.717) is 29.8 Å². The number of carbonyl (C=O) groups is 5. The minimum atomic E-state index is -0.721. The Balaban J connectivity index is 1.30. The molecule has 2 aromatic carbocycles. The third-order valence-electron chi connectivity index (χ3n) is 5.88. The zero-order chi connectivity index (χ0) is 24.9. The number of benzene rings is 2. The highest BCUT2D eigenvalue weighted by Gasteiger charge is 2.47. The second-order valence-electron chi connectivity index (χ2n) is 8.14. The molecule has 1 aliphatic carbocycles. The predicted octanol–water partition coefficient (Wildman–Crippen LogP) is 3.11. The van der Waals surface area contributed by atoms with Crippen molar-refractivity contribution >= 4 is 41.0 Å². The first-order valence-electron chi connectivity index (χ1n) is 11.3. The van der Waals surface area contributed by atoms with Crippen LogP contribution in [0.5, 0.6) is 0 Å². The first-order chi connectivity index (χ1) is 16.9. The molecule has 1 saturated heterocycles. The summed E-state index contributed by atoms with van der Waals surface area (Å²) in [6, 6.07) is 12.0. The van der Waals surface area contributed by atoms with E-state index < -0.39 is 24.5 Å².